The van der Waals surface area contributed by atoms with E-state index in [0.717, 1.165) is 58.3 Å². The highest BCUT2D eigenvalue weighted by Gasteiger charge is 2.26. The quantitative estimate of drug-likeness (QED) is 0.589. The van der Waals surface area contributed by atoms with Gasteiger partial charge in [0.25, 0.3) is 0 Å². The summed E-state index contributed by atoms with van der Waals surface area (Å²) in [6.07, 6.45) is 2.77. The highest BCUT2D eigenvalue weighted by Crippen LogP contribution is 2.38. The van der Waals surface area contributed by atoms with E-state index in [1.807, 2.05) is 30.3 Å². The van der Waals surface area contributed by atoms with Gasteiger partial charge in [-0.25, -0.2) is 4.79 Å². The maximum Gasteiger partial charge on any atom is 0.339 e. The van der Waals surface area contributed by atoms with Gasteiger partial charge in [0, 0.05) is 21.7 Å². The number of halogens is 1. The summed E-state index contributed by atoms with van der Waals surface area (Å²) in [5.74, 6) is 0.787. The zero-order chi connectivity index (χ0) is 17.8. The molecule has 0 spiro atoms. The lowest BCUT2D eigenvalue weighted by atomic mass is 10.0. The summed E-state index contributed by atoms with van der Waals surface area (Å²) in [5.41, 5.74) is 5.55. The monoisotopic (exact) mass is 367 g/mol. The minimum atomic E-state index is -0.200. The van der Waals surface area contributed by atoms with Gasteiger partial charge in [-0.3, -0.25) is 0 Å². The smallest absolute Gasteiger partial charge is 0.339 e. The van der Waals surface area contributed by atoms with E-state index in [1.54, 1.807) is 0 Å². The number of hydrogen-bond donors (Lipinski definition) is 0. The molecule has 0 saturated heterocycles. The molecule has 26 heavy (non-hydrogen) atoms. The van der Waals surface area contributed by atoms with Crippen molar-refractivity contribution in [1.29, 1.82) is 0 Å². The number of ether oxygens (including phenoxy) is 1. The van der Waals surface area contributed by atoms with Crippen molar-refractivity contribution in [1.82, 2.24) is 0 Å². The van der Waals surface area contributed by atoms with E-state index < -0.39 is 0 Å². The normalized spacial score (nSPS) is 15.7. The summed E-state index contributed by atoms with van der Waals surface area (Å²) in [6, 6.07) is 9.87. The molecule has 2 heterocycles. The summed E-state index contributed by atoms with van der Waals surface area (Å²) in [6.45, 7) is 3.11. The Morgan fingerprint density at radius 1 is 1.08 bits per heavy atom. The SMILES string of the molecule is Cc1ccc(Cl)cc1N1COc2ccc3c4c(c(=O)oc3c2C1)CCC4. The third-order valence-electron chi connectivity index (χ3n) is 5.44. The van der Waals surface area contributed by atoms with Crippen LogP contribution in [0.3, 0.4) is 0 Å². The molecule has 0 saturated carbocycles. The van der Waals surface area contributed by atoms with Gasteiger partial charge >= 0.3 is 5.63 Å². The molecule has 1 aliphatic heterocycles. The van der Waals surface area contributed by atoms with Gasteiger partial charge in [-0.2, -0.15) is 0 Å². The molecule has 1 aromatic heterocycles. The molecule has 5 heteroatoms. The summed E-state index contributed by atoms with van der Waals surface area (Å²) in [5, 5.41) is 1.74. The van der Waals surface area contributed by atoms with Crippen molar-refractivity contribution in [2.75, 3.05) is 11.6 Å². The van der Waals surface area contributed by atoms with Gasteiger partial charge in [-0.1, -0.05) is 17.7 Å². The molecule has 132 valence electrons. The topological polar surface area (TPSA) is 42.7 Å². The largest absolute Gasteiger partial charge is 0.473 e. The Bertz CT molecular complexity index is 1100. The molecule has 5 rings (SSSR count). The standard InChI is InChI=1S/C21H18ClNO3/c1-12-5-6-13(22)9-18(12)23-10-17-19(25-11-23)8-7-15-14-3-2-4-16(14)21(24)26-20(15)17/h5-9H,2-4,10-11H2,1H3. The summed E-state index contributed by atoms with van der Waals surface area (Å²) in [7, 11) is 0. The van der Waals surface area contributed by atoms with Crippen LogP contribution in [0.1, 0.15) is 28.7 Å². The van der Waals surface area contributed by atoms with Crippen LogP contribution in [0.25, 0.3) is 11.0 Å². The number of aryl methyl sites for hydroxylation is 2. The van der Waals surface area contributed by atoms with E-state index in [2.05, 4.69) is 11.8 Å². The number of benzene rings is 2. The van der Waals surface area contributed by atoms with E-state index in [9.17, 15) is 4.79 Å². The van der Waals surface area contributed by atoms with Crippen molar-refractivity contribution >= 4 is 28.3 Å². The molecule has 0 atom stereocenters. The third kappa shape index (κ3) is 2.32. The van der Waals surface area contributed by atoms with Crippen molar-refractivity contribution in [3.63, 3.8) is 0 Å². The van der Waals surface area contributed by atoms with Gasteiger partial charge in [-0.05, 0) is 61.6 Å². The van der Waals surface area contributed by atoms with Crippen LogP contribution in [0, 0.1) is 6.92 Å². The van der Waals surface area contributed by atoms with Crippen LogP contribution in [-0.4, -0.2) is 6.73 Å². The molecular formula is C21H18ClNO3. The van der Waals surface area contributed by atoms with Crippen LogP contribution < -0.4 is 15.3 Å². The van der Waals surface area contributed by atoms with Gasteiger partial charge in [0.05, 0.1) is 12.1 Å². The van der Waals surface area contributed by atoms with Gasteiger partial charge in [-0.15, -0.1) is 0 Å². The summed E-state index contributed by atoms with van der Waals surface area (Å²) < 4.78 is 11.7. The Kier molecular flexibility index (Phi) is 3.50. The molecule has 1 aliphatic carbocycles. The number of anilines is 1. The average molecular weight is 368 g/mol. The first-order valence-corrected chi connectivity index (χ1v) is 9.24. The molecule has 0 unspecified atom stereocenters. The van der Waals surface area contributed by atoms with E-state index in [4.69, 9.17) is 20.8 Å². The van der Waals surface area contributed by atoms with Crippen LogP contribution in [-0.2, 0) is 19.4 Å². The number of rotatable bonds is 1. The van der Waals surface area contributed by atoms with E-state index in [-0.39, 0.29) is 5.63 Å². The van der Waals surface area contributed by atoms with Crippen molar-refractivity contribution in [2.45, 2.75) is 32.7 Å². The Morgan fingerprint density at radius 2 is 1.92 bits per heavy atom. The van der Waals surface area contributed by atoms with Gasteiger partial charge in [0.15, 0.2) is 6.73 Å². The molecule has 3 aromatic rings. The van der Waals surface area contributed by atoms with Crippen LogP contribution in [0.2, 0.25) is 5.02 Å². The number of fused-ring (bicyclic) bond motifs is 5. The predicted octanol–water partition coefficient (Wildman–Crippen LogP) is 4.60. The fraction of sp³-hybridized carbons (Fsp3) is 0.286. The molecule has 0 radical (unpaired) electrons. The first kappa shape index (κ1) is 15.8. The second-order valence-corrected chi connectivity index (χ2v) is 7.46. The maximum absolute atomic E-state index is 12.4. The fourth-order valence-electron chi connectivity index (χ4n) is 4.13. The van der Waals surface area contributed by atoms with Crippen LogP contribution in [0.5, 0.6) is 5.75 Å². The lowest BCUT2D eigenvalue weighted by Crippen LogP contribution is -2.32. The van der Waals surface area contributed by atoms with Crippen molar-refractivity contribution < 1.29 is 9.15 Å². The number of nitrogens with zero attached hydrogens (tertiary/aromatic N) is 1. The van der Waals surface area contributed by atoms with Crippen LogP contribution >= 0.6 is 11.6 Å². The lowest BCUT2D eigenvalue weighted by Gasteiger charge is -2.32. The van der Waals surface area contributed by atoms with Gasteiger partial charge in [0.1, 0.15) is 11.3 Å². The maximum atomic E-state index is 12.4. The minimum absolute atomic E-state index is 0.200. The van der Waals surface area contributed by atoms with Crippen LogP contribution in [0.4, 0.5) is 5.69 Å². The Morgan fingerprint density at radius 3 is 2.81 bits per heavy atom. The van der Waals surface area contributed by atoms with E-state index in [0.29, 0.717) is 23.9 Å². The highest BCUT2D eigenvalue weighted by molar-refractivity contribution is 6.30. The minimum Gasteiger partial charge on any atom is -0.473 e. The van der Waals surface area contributed by atoms with Gasteiger partial charge in [0.2, 0.25) is 0 Å². The van der Waals surface area contributed by atoms with Crippen LogP contribution in [0.15, 0.2) is 39.5 Å². The Balaban J connectivity index is 1.67. The fourth-order valence-corrected chi connectivity index (χ4v) is 4.30. The first-order valence-electron chi connectivity index (χ1n) is 8.86. The number of hydrogen-bond acceptors (Lipinski definition) is 4. The average Bonchev–Trinajstić information content (AvgIpc) is 3.14. The second-order valence-electron chi connectivity index (χ2n) is 7.02. The summed E-state index contributed by atoms with van der Waals surface area (Å²) in [4.78, 5) is 14.5. The molecule has 4 nitrogen and oxygen atoms in total. The molecule has 0 N–H and O–H groups in total. The highest BCUT2D eigenvalue weighted by atomic mass is 35.5. The van der Waals surface area contributed by atoms with E-state index >= 15 is 0 Å². The molecule has 0 amide bonds. The zero-order valence-electron chi connectivity index (χ0n) is 14.5. The molecule has 2 aliphatic rings. The van der Waals surface area contributed by atoms with Crippen molar-refractivity contribution in [3.8, 4) is 5.75 Å². The third-order valence-corrected chi connectivity index (χ3v) is 5.67. The molecule has 0 bridgehead atoms. The van der Waals surface area contributed by atoms with Gasteiger partial charge < -0.3 is 14.1 Å². The Hall–Kier alpha value is -2.46. The first-order chi connectivity index (χ1) is 12.6. The molecule has 2 aromatic carbocycles. The Labute approximate surface area is 155 Å². The van der Waals surface area contributed by atoms with E-state index in [1.165, 1.54) is 0 Å². The summed E-state index contributed by atoms with van der Waals surface area (Å²) >= 11 is 6.19. The zero-order valence-corrected chi connectivity index (χ0v) is 15.2. The molecular weight excluding hydrogens is 350 g/mol. The molecule has 0 fully saturated rings. The second kappa shape index (κ2) is 5.78. The predicted molar refractivity (Wildman–Crippen MR) is 102 cm³/mol. The van der Waals surface area contributed by atoms with Crippen molar-refractivity contribution in [2.24, 2.45) is 0 Å². The van der Waals surface area contributed by atoms with Crippen molar-refractivity contribution in [3.05, 3.63) is 68.0 Å². The lowest BCUT2D eigenvalue weighted by molar-refractivity contribution is 0.289.